The molecule has 0 saturated carbocycles. The lowest BCUT2D eigenvalue weighted by Gasteiger charge is -2.19. The van der Waals surface area contributed by atoms with Crippen molar-refractivity contribution in [3.63, 3.8) is 0 Å². The maximum atomic E-state index is 11.8. The van der Waals surface area contributed by atoms with Gasteiger partial charge in [0.1, 0.15) is 11.6 Å². The normalized spacial score (nSPS) is 10.2. The third-order valence-electron chi connectivity index (χ3n) is 3.20. The van der Waals surface area contributed by atoms with E-state index >= 15 is 0 Å². The second-order valence-electron chi connectivity index (χ2n) is 5.48. The van der Waals surface area contributed by atoms with Gasteiger partial charge < -0.3 is 10.6 Å². The van der Waals surface area contributed by atoms with Crippen LogP contribution in [0.25, 0.3) is 0 Å². The first-order valence-corrected chi connectivity index (χ1v) is 7.86. The number of rotatable bonds is 6. The van der Waals surface area contributed by atoms with E-state index in [1.54, 1.807) is 13.8 Å². The summed E-state index contributed by atoms with van der Waals surface area (Å²) in [6.07, 6.45) is -0.549. The number of amides is 2. The first-order valence-electron chi connectivity index (χ1n) is 7.11. The molecule has 0 aromatic heterocycles. The minimum absolute atomic E-state index is 0.201. The molecule has 0 unspecified atom stereocenters. The van der Waals surface area contributed by atoms with Crippen LogP contribution in [0.5, 0.6) is 0 Å². The molecule has 0 radical (unpaired) electrons. The summed E-state index contributed by atoms with van der Waals surface area (Å²) in [7, 11) is 0. The number of carbonyl (C=O) groups is 4. The molecule has 0 aliphatic heterocycles. The Morgan fingerprint density at radius 2 is 1.04 bits per heavy atom. The van der Waals surface area contributed by atoms with Gasteiger partial charge in [-0.15, -0.1) is 0 Å². The van der Waals surface area contributed by atoms with E-state index in [0.29, 0.717) is 11.1 Å². The average molecular weight is 373 g/mol. The summed E-state index contributed by atoms with van der Waals surface area (Å²) in [5.74, 6) is -1.57. The van der Waals surface area contributed by atoms with Crippen LogP contribution in [0.15, 0.2) is 0 Å². The number of benzene rings is 1. The Morgan fingerprint density at radius 3 is 1.29 bits per heavy atom. The molecule has 0 atom stereocenters. The number of nitrogens with one attached hydrogen (secondary N) is 2. The lowest BCUT2D eigenvalue weighted by atomic mass is 10.1. The number of anilines is 2. The summed E-state index contributed by atoms with van der Waals surface area (Å²) in [6.45, 7) is 5.86. The summed E-state index contributed by atoms with van der Waals surface area (Å²) in [5, 5.41) is 5.52. The van der Waals surface area contributed by atoms with Crippen LogP contribution in [-0.2, 0) is 19.2 Å². The number of hydrogen-bond donors (Lipinski definition) is 2. The van der Waals surface area contributed by atoms with Crippen LogP contribution in [0.3, 0.4) is 0 Å². The van der Waals surface area contributed by atoms with Crippen molar-refractivity contribution in [3.05, 3.63) is 21.2 Å². The van der Waals surface area contributed by atoms with Crippen LogP contribution < -0.4 is 10.6 Å². The smallest absolute Gasteiger partial charge is 0.231 e. The SMILES string of the molecule is CC(=O)CC(=O)Nc1c(C)c(Cl)c(NC(=O)CC(C)=O)c(C)c1Cl. The Kier molecular flexibility index (Phi) is 6.93. The lowest BCUT2D eigenvalue weighted by molar-refractivity contribution is -0.125. The first kappa shape index (κ1) is 20.1. The van der Waals surface area contributed by atoms with Gasteiger partial charge in [0.05, 0.1) is 34.3 Å². The van der Waals surface area contributed by atoms with Gasteiger partial charge in [0, 0.05) is 0 Å². The van der Waals surface area contributed by atoms with E-state index < -0.39 is 11.8 Å². The number of hydrogen-bond acceptors (Lipinski definition) is 4. The molecule has 0 aliphatic rings. The molecule has 0 aliphatic carbocycles. The van der Waals surface area contributed by atoms with E-state index in [-0.39, 0.29) is 45.8 Å². The zero-order valence-corrected chi connectivity index (χ0v) is 15.3. The number of ketones is 2. The Morgan fingerprint density at radius 1 is 0.750 bits per heavy atom. The highest BCUT2D eigenvalue weighted by Crippen LogP contribution is 2.41. The number of halogens is 2. The molecule has 1 aromatic carbocycles. The van der Waals surface area contributed by atoms with Gasteiger partial charge in [-0.05, 0) is 38.8 Å². The fourth-order valence-corrected chi connectivity index (χ4v) is 2.61. The molecule has 2 amide bonds. The standard InChI is InChI=1S/C16H18Cl2N2O4/c1-7(21)5-11(23)19-15-9(3)14(18)16(10(4)13(15)17)20-12(24)6-8(2)22/h5-6H2,1-4H3,(H,19,23)(H,20,24). The summed E-state index contributed by atoms with van der Waals surface area (Å²) < 4.78 is 0. The number of Topliss-reactive ketones (excluding diaryl/α,β-unsaturated/α-hetero) is 2. The van der Waals surface area contributed by atoms with Crippen LogP contribution in [0.1, 0.15) is 37.8 Å². The molecular formula is C16H18Cl2N2O4. The Labute approximate surface area is 149 Å². The van der Waals surface area contributed by atoms with Gasteiger partial charge in [-0.2, -0.15) is 0 Å². The molecule has 2 N–H and O–H groups in total. The van der Waals surface area contributed by atoms with E-state index in [2.05, 4.69) is 10.6 Å². The Balaban J connectivity index is 3.20. The van der Waals surface area contributed by atoms with Crippen molar-refractivity contribution in [3.8, 4) is 0 Å². The monoisotopic (exact) mass is 372 g/mol. The Bertz CT molecular complexity index is 639. The zero-order chi connectivity index (χ0) is 18.6. The number of carbonyl (C=O) groups excluding carboxylic acids is 4. The molecule has 0 saturated heterocycles. The summed E-state index contributed by atoms with van der Waals surface area (Å²) in [5.41, 5.74) is 1.47. The maximum Gasteiger partial charge on any atom is 0.231 e. The van der Waals surface area contributed by atoms with Crippen molar-refractivity contribution in [2.75, 3.05) is 10.6 Å². The largest absolute Gasteiger partial charge is 0.324 e. The van der Waals surface area contributed by atoms with Crippen molar-refractivity contribution in [2.45, 2.75) is 40.5 Å². The first-order chi connectivity index (χ1) is 11.0. The van der Waals surface area contributed by atoms with Crippen molar-refractivity contribution in [2.24, 2.45) is 0 Å². The van der Waals surface area contributed by atoms with Crippen LogP contribution in [-0.4, -0.2) is 23.4 Å². The van der Waals surface area contributed by atoms with Crippen molar-refractivity contribution < 1.29 is 19.2 Å². The van der Waals surface area contributed by atoms with Crippen molar-refractivity contribution in [1.29, 1.82) is 0 Å². The summed E-state index contributed by atoms with van der Waals surface area (Å²) in [4.78, 5) is 45.6. The fraction of sp³-hybridized carbons (Fsp3) is 0.375. The molecule has 8 heteroatoms. The predicted molar refractivity (Wildman–Crippen MR) is 93.8 cm³/mol. The van der Waals surface area contributed by atoms with Crippen LogP contribution in [0.2, 0.25) is 10.0 Å². The van der Waals surface area contributed by atoms with E-state index in [0.717, 1.165) is 0 Å². The van der Waals surface area contributed by atoms with Gasteiger partial charge >= 0.3 is 0 Å². The summed E-state index contributed by atoms with van der Waals surface area (Å²) in [6, 6.07) is 0. The predicted octanol–water partition coefficient (Wildman–Crippen LogP) is 3.45. The molecule has 0 fully saturated rings. The minimum Gasteiger partial charge on any atom is -0.324 e. The molecule has 24 heavy (non-hydrogen) atoms. The van der Waals surface area contributed by atoms with E-state index in [1.807, 2.05) is 0 Å². The molecule has 0 heterocycles. The molecule has 1 aromatic rings. The van der Waals surface area contributed by atoms with Gasteiger partial charge in [0.2, 0.25) is 11.8 Å². The van der Waals surface area contributed by atoms with E-state index in [1.165, 1.54) is 13.8 Å². The van der Waals surface area contributed by atoms with Gasteiger partial charge in [-0.25, -0.2) is 0 Å². The Hall–Kier alpha value is -1.92. The zero-order valence-electron chi connectivity index (χ0n) is 13.8. The summed E-state index contributed by atoms with van der Waals surface area (Å²) >= 11 is 12.5. The minimum atomic E-state index is -0.503. The molecule has 1 rings (SSSR count). The van der Waals surface area contributed by atoms with Crippen LogP contribution >= 0.6 is 23.2 Å². The average Bonchev–Trinajstić information content (AvgIpc) is 2.44. The third-order valence-corrected chi connectivity index (χ3v) is 4.14. The maximum absolute atomic E-state index is 11.8. The second-order valence-corrected chi connectivity index (χ2v) is 6.24. The molecule has 130 valence electrons. The van der Waals surface area contributed by atoms with Crippen LogP contribution in [0.4, 0.5) is 11.4 Å². The van der Waals surface area contributed by atoms with Gasteiger partial charge in [0.15, 0.2) is 0 Å². The van der Waals surface area contributed by atoms with Crippen LogP contribution in [0, 0.1) is 13.8 Å². The highest BCUT2D eigenvalue weighted by atomic mass is 35.5. The highest BCUT2D eigenvalue weighted by molar-refractivity contribution is 6.39. The lowest BCUT2D eigenvalue weighted by Crippen LogP contribution is -2.18. The van der Waals surface area contributed by atoms with Gasteiger partial charge in [-0.1, -0.05) is 23.2 Å². The molecule has 0 bridgehead atoms. The van der Waals surface area contributed by atoms with Crippen molar-refractivity contribution >= 4 is 58.0 Å². The van der Waals surface area contributed by atoms with Gasteiger partial charge in [-0.3, -0.25) is 19.2 Å². The molecule has 0 spiro atoms. The quantitative estimate of drug-likeness (QED) is 0.747. The van der Waals surface area contributed by atoms with E-state index in [4.69, 9.17) is 23.2 Å². The second kappa shape index (κ2) is 8.26. The van der Waals surface area contributed by atoms with Gasteiger partial charge in [0.25, 0.3) is 0 Å². The van der Waals surface area contributed by atoms with E-state index in [9.17, 15) is 19.2 Å². The fourth-order valence-electron chi connectivity index (χ4n) is 2.04. The van der Waals surface area contributed by atoms with Crippen molar-refractivity contribution in [1.82, 2.24) is 0 Å². The third kappa shape index (κ3) is 5.04. The molecule has 6 nitrogen and oxygen atoms in total. The highest BCUT2D eigenvalue weighted by Gasteiger charge is 2.21. The topological polar surface area (TPSA) is 92.3 Å². The molecular weight excluding hydrogens is 355 g/mol.